The molecule has 6 heteroatoms. The third-order valence-corrected chi connectivity index (χ3v) is 2.54. The average molecular weight is 261 g/mol. The maximum Gasteiger partial charge on any atom is 0.147 e. The summed E-state index contributed by atoms with van der Waals surface area (Å²) in [4.78, 5) is 5.89. The molecule has 1 aromatic rings. The number of aliphatic hydroxyl groups is 2. The summed E-state index contributed by atoms with van der Waals surface area (Å²) in [7, 11) is 3.32. The number of ether oxygens (including phenoxy) is 1. The van der Waals surface area contributed by atoms with E-state index in [-0.39, 0.29) is 13.2 Å². The van der Waals surface area contributed by atoms with Gasteiger partial charge in [-0.15, -0.1) is 0 Å². The topological polar surface area (TPSA) is 65.8 Å². The maximum absolute atomic E-state index is 9.60. The van der Waals surface area contributed by atoms with E-state index in [0.717, 1.165) is 0 Å². The molecule has 0 saturated carbocycles. The van der Waals surface area contributed by atoms with E-state index in [0.29, 0.717) is 22.9 Å². The summed E-state index contributed by atoms with van der Waals surface area (Å²) in [5.41, 5.74) is 0.657. The van der Waals surface area contributed by atoms with Crippen molar-refractivity contribution in [2.75, 3.05) is 32.2 Å². The average Bonchev–Trinajstić information content (AvgIpc) is 2.28. The second-order valence-corrected chi connectivity index (χ2v) is 4.20. The van der Waals surface area contributed by atoms with Crippen molar-refractivity contribution in [3.63, 3.8) is 0 Å². The van der Waals surface area contributed by atoms with Crippen LogP contribution in [0.25, 0.3) is 0 Å². The minimum absolute atomic E-state index is 0.0942. The SMILES string of the molecule is COCC(O)CN(C)c1ncc(CO)cc1Cl. The van der Waals surface area contributed by atoms with E-state index in [1.54, 1.807) is 24.2 Å². The van der Waals surface area contributed by atoms with Crippen LogP contribution in [0.3, 0.4) is 0 Å². The fraction of sp³-hybridized carbons (Fsp3) is 0.545. The van der Waals surface area contributed by atoms with Gasteiger partial charge in [0.05, 0.1) is 24.3 Å². The van der Waals surface area contributed by atoms with Crippen LogP contribution >= 0.6 is 11.6 Å². The lowest BCUT2D eigenvalue weighted by Gasteiger charge is -2.22. The Hall–Kier alpha value is -0.880. The minimum atomic E-state index is -0.597. The molecule has 5 nitrogen and oxygen atoms in total. The van der Waals surface area contributed by atoms with E-state index >= 15 is 0 Å². The number of aromatic nitrogens is 1. The standard InChI is InChI=1S/C11H17ClN2O3/c1-14(5-9(16)7-17-2)11-10(12)3-8(6-15)4-13-11/h3-4,9,15-16H,5-7H2,1-2H3. The second-order valence-electron chi connectivity index (χ2n) is 3.80. The molecule has 0 amide bonds. The molecular weight excluding hydrogens is 244 g/mol. The molecule has 17 heavy (non-hydrogen) atoms. The highest BCUT2D eigenvalue weighted by Gasteiger charge is 2.12. The molecule has 0 aliphatic rings. The third kappa shape index (κ3) is 4.12. The quantitative estimate of drug-likeness (QED) is 0.787. The zero-order valence-electron chi connectivity index (χ0n) is 9.93. The number of aliphatic hydroxyl groups excluding tert-OH is 2. The van der Waals surface area contributed by atoms with E-state index in [1.807, 2.05) is 0 Å². The van der Waals surface area contributed by atoms with Crippen LogP contribution in [0.2, 0.25) is 5.02 Å². The first-order valence-electron chi connectivity index (χ1n) is 5.22. The molecule has 0 aliphatic heterocycles. The smallest absolute Gasteiger partial charge is 0.147 e. The zero-order valence-corrected chi connectivity index (χ0v) is 10.7. The Morgan fingerprint density at radius 1 is 1.59 bits per heavy atom. The number of pyridine rings is 1. The van der Waals surface area contributed by atoms with Gasteiger partial charge in [0.25, 0.3) is 0 Å². The Bertz CT molecular complexity index is 363. The number of anilines is 1. The van der Waals surface area contributed by atoms with Crippen molar-refractivity contribution in [2.45, 2.75) is 12.7 Å². The Labute approximate surface area is 106 Å². The number of hydrogen-bond acceptors (Lipinski definition) is 5. The second kappa shape index (κ2) is 6.76. The summed E-state index contributed by atoms with van der Waals surface area (Å²) in [6.45, 7) is 0.540. The van der Waals surface area contributed by atoms with Crippen molar-refractivity contribution in [1.82, 2.24) is 4.98 Å². The number of rotatable bonds is 6. The molecule has 0 saturated heterocycles. The largest absolute Gasteiger partial charge is 0.392 e. The molecule has 0 bridgehead atoms. The molecule has 0 spiro atoms. The number of methoxy groups -OCH3 is 1. The van der Waals surface area contributed by atoms with Gasteiger partial charge < -0.3 is 19.8 Å². The summed E-state index contributed by atoms with van der Waals surface area (Å²) in [6.07, 6.45) is 0.959. The van der Waals surface area contributed by atoms with Gasteiger partial charge >= 0.3 is 0 Å². The predicted octanol–water partition coefficient (Wildman–Crippen LogP) is 0.671. The lowest BCUT2D eigenvalue weighted by atomic mass is 10.3. The predicted molar refractivity (Wildman–Crippen MR) is 66.3 cm³/mol. The van der Waals surface area contributed by atoms with Gasteiger partial charge in [-0.3, -0.25) is 0 Å². The van der Waals surface area contributed by atoms with Gasteiger partial charge in [0, 0.05) is 26.9 Å². The van der Waals surface area contributed by atoms with Gasteiger partial charge in [-0.1, -0.05) is 11.6 Å². The van der Waals surface area contributed by atoms with E-state index in [2.05, 4.69) is 4.98 Å². The highest BCUT2D eigenvalue weighted by molar-refractivity contribution is 6.33. The molecule has 2 N–H and O–H groups in total. The number of halogens is 1. The molecule has 0 aliphatic carbocycles. The van der Waals surface area contributed by atoms with Crippen LogP contribution in [0.1, 0.15) is 5.56 Å². The van der Waals surface area contributed by atoms with E-state index in [1.165, 1.54) is 7.11 Å². The molecule has 0 radical (unpaired) electrons. The minimum Gasteiger partial charge on any atom is -0.392 e. The van der Waals surface area contributed by atoms with Gasteiger partial charge in [0.1, 0.15) is 5.82 Å². The summed E-state index contributed by atoms with van der Waals surface area (Å²) in [5.74, 6) is 0.569. The third-order valence-electron chi connectivity index (χ3n) is 2.27. The summed E-state index contributed by atoms with van der Waals surface area (Å²) >= 11 is 6.04. The molecule has 0 aromatic carbocycles. The first kappa shape index (κ1) is 14.2. The first-order valence-corrected chi connectivity index (χ1v) is 5.59. The van der Waals surface area contributed by atoms with Gasteiger partial charge in [0.15, 0.2) is 0 Å². The molecule has 1 atom stereocenters. The Morgan fingerprint density at radius 2 is 2.29 bits per heavy atom. The molecule has 1 unspecified atom stereocenters. The van der Waals surface area contributed by atoms with Crippen molar-refractivity contribution in [3.8, 4) is 0 Å². The summed E-state index contributed by atoms with van der Waals surface area (Å²) in [5, 5.41) is 19.0. The molecular formula is C11H17ClN2O3. The van der Waals surface area contributed by atoms with Crippen molar-refractivity contribution in [3.05, 3.63) is 22.8 Å². The fourth-order valence-corrected chi connectivity index (χ4v) is 1.82. The number of hydrogen-bond donors (Lipinski definition) is 2. The first-order chi connectivity index (χ1) is 8.08. The highest BCUT2D eigenvalue weighted by atomic mass is 35.5. The molecule has 96 valence electrons. The Morgan fingerprint density at radius 3 is 2.82 bits per heavy atom. The van der Waals surface area contributed by atoms with Crippen LogP contribution in [0.15, 0.2) is 12.3 Å². The van der Waals surface area contributed by atoms with Crippen LogP contribution in [0.5, 0.6) is 0 Å². The summed E-state index contributed by atoms with van der Waals surface area (Å²) < 4.78 is 4.84. The number of likely N-dealkylation sites (N-methyl/N-ethyl adjacent to an activating group) is 1. The Kier molecular flexibility index (Phi) is 5.64. The van der Waals surface area contributed by atoms with Gasteiger partial charge in [-0.25, -0.2) is 4.98 Å². The lowest BCUT2D eigenvalue weighted by Crippen LogP contribution is -2.32. The van der Waals surface area contributed by atoms with Gasteiger partial charge in [-0.05, 0) is 11.6 Å². The maximum atomic E-state index is 9.60. The van der Waals surface area contributed by atoms with Gasteiger partial charge in [-0.2, -0.15) is 0 Å². The fourth-order valence-electron chi connectivity index (χ4n) is 1.49. The molecule has 1 heterocycles. The van der Waals surface area contributed by atoms with Crippen LogP contribution < -0.4 is 4.90 Å². The molecule has 1 rings (SSSR count). The highest BCUT2D eigenvalue weighted by Crippen LogP contribution is 2.23. The van der Waals surface area contributed by atoms with Crippen LogP contribution in [0, 0.1) is 0 Å². The van der Waals surface area contributed by atoms with E-state index in [4.69, 9.17) is 21.4 Å². The lowest BCUT2D eigenvalue weighted by molar-refractivity contribution is 0.0694. The van der Waals surface area contributed by atoms with Gasteiger partial charge in [0.2, 0.25) is 0 Å². The molecule has 0 fully saturated rings. The van der Waals surface area contributed by atoms with E-state index in [9.17, 15) is 5.11 Å². The summed E-state index contributed by atoms with van der Waals surface area (Å²) in [6, 6.07) is 1.66. The number of nitrogens with zero attached hydrogens (tertiary/aromatic N) is 2. The van der Waals surface area contributed by atoms with E-state index < -0.39 is 6.10 Å². The van der Waals surface area contributed by atoms with Crippen molar-refractivity contribution >= 4 is 17.4 Å². The van der Waals surface area contributed by atoms with Crippen molar-refractivity contribution in [1.29, 1.82) is 0 Å². The van der Waals surface area contributed by atoms with Crippen LogP contribution in [0.4, 0.5) is 5.82 Å². The monoisotopic (exact) mass is 260 g/mol. The normalized spacial score (nSPS) is 12.5. The zero-order chi connectivity index (χ0) is 12.8. The van der Waals surface area contributed by atoms with Crippen LogP contribution in [-0.2, 0) is 11.3 Å². The van der Waals surface area contributed by atoms with Crippen LogP contribution in [-0.4, -0.2) is 48.6 Å². The Balaban J connectivity index is 2.71. The van der Waals surface area contributed by atoms with Crippen molar-refractivity contribution < 1.29 is 14.9 Å². The molecule has 1 aromatic heterocycles. The van der Waals surface area contributed by atoms with Crippen molar-refractivity contribution in [2.24, 2.45) is 0 Å².